The highest BCUT2D eigenvalue weighted by Crippen LogP contribution is 2.22. The number of methoxy groups -OCH3 is 1. The van der Waals surface area contributed by atoms with Gasteiger partial charge in [0.1, 0.15) is 5.75 Å². The van der Waals surface area contributed by atoms with Crippen molar-refractivity contribution < 1.29 is 13.5 Å². The quantitative estimate of drug-likeness (QED) is 0.872. The van der Waals surface area contributed by atoms with Crippen molar-refractivity contribution in [2.75, 3.05) is 13.7 Å². The van der Waals surface area contributed by atoms with Crippen LogP contribution in [0.1, 0.15) is 24.1 Å². The smallest absolute Gasteiger partial charge is 0.159 e. The molecule has 0 fully saturated rings. The third-order valence-electron chi connectivity index (χ3n) is 3.39. The van der Waals surface area contributed by atoms with Crippen LogP contribution in [0, 0.1) is 11.6 Å². The lowest BCUT2D eigenvalue weighted by molar-refractivity contribution is 0.414. The Bertz CT molecular complexity index is 584. The lowest BCUT2D eigenvalue weighted by Gasteiger charge is -2.19. The predicted octanol–water partition coefficient (Wildman–Crippen LogP) is 3.87. The van der Waals surface area contributed by atoms with E-state index in [4.69, 9.17) is 4.74 Å². The zero-order valence-electron chi connectivity index (χ0n) is 12.2. The molecule has 0 radical (unpaired) electrons. The van der Waals surface area contributed by atoms with Crippen molar-refractivity contribution in [2.45, 2.75) is 19.4 Å². The lowest BCUT2D eigenvalue weighted by Crippen LogP contribution is -2.23. The molecule has 21 heavy (non-hydrogen) atoms. The van der Waals surface area contributed by atoms with Crippen molar-refractivity contribution in [3.8, 4) is 5.75 Å². The van der Waals surface area contributed by atoms with Gasteiger partial charge in [-0.25, -0.2) is 8.78 Å². The van der Waals surface area contributed by atoms with E-state index >= 15 is 0 Å². The van der Waals surface area contributed by atoms with E-state index in [1.54, 1.807) is 13.2 Å². The van der Waals surface area contributed by atoms with Crippen LogP contribution in [0.4, 0.5) is 8.78 Å². The highest BCUT2D eigenvalue weighted by atomic mass is 19.2. The average Bonchev–Trinajstić information content (AvgIpc) is 2.50. The molecule has 1 atom stereocenters. The number of halogens is 2. The van der Waals surface area contributed by atoms with Crippen LogP contribution in [0.3, 0.4) is 0 Å². The highest BCUT2D eigenvalue weighted by Gasteiger charge is 2.13. The fourth-order valence-corrected chi connectivity index (χ4v) is 2.29. The molecule has 1 unspecified atom stereocenters. The molecule has 0 heterocycles. The van der Waals surface area contributed by atoms with Crippen LogP contribution in [0.5, 0.6) is 5.75 Å². The van der Waals surface area contributed by atoms with E-state index in [2.05, 4.69) is 5.32 Å². The fourth-order valence-electron chi connectivity index (χ4n) is 2.29. The molecule has 0 bridgehead atoms. The Morgan fingerprint density at radius 1 is 1.05 bits per heavy atom. The summed E-state index contributed by atoms with van der Waals surface area (Å²) in [5.41, 5.74) is 1.85. The van der Waals surface area contributed by atoms with E-state index in [1.807, 2.05) is 31.2 Å². The van der Waals surface area contributed by atoms with Gasteiger partial charge in [-0.15, -0.1) is 0 Å². The van der Waals surface area contributed by atoms with Crippen molar-refractivity contribution in [3.63, 3.8) is 0 Å². The van der Waals surface area contributed by atoms with E-state index in [0.717, 1.165) is 23.4 Å². The van der Waals surface area contributed by atoms with Crippen LogP contribution in [-0.4, -0.2) is 13.7 Å². The summed E-state index contributed by atoms with van der Waals surface area (Å²) in [7, 11) is 1.62. The van der Waals surface area contributed by atoms with Gasteiger partial charge in [0.2, 0.25) is 0 Å². The zero-order valence-corrected chi connectivity index (χ0v) is 12.2. The molecule has 2 aromatic rings. The molecule has 0 saturated carbocycles. The number of nitrogens with one attached hydrogen (secondary N) is 1. The second-order valence-corrected chi connectivity index (χ2v) is 4.84. The first-order chi connectivity index (χ1) is 10.1. The van der Waals surface area contributed by atoms with E-state index in [0.29, 0.717) is 6.42 Å². The summed E-state index contributed by atoms with van der Waals surface area (Å²) in [5, 5.41) is 3.36. The highest BCUT2D eigenvalue weighted by molar-refractivity contribution is 5.30. The van der Waals surface area contributed by atoms with Crippen LogP contribution in [0.25, 0.3) is 0 Å². The van der Waals surface area contributed by atoms with Gasteiger partial charge in [-0.3, -0.25) is 0 Å². The molecule has 0 aliphatic rings. The van der Waals surface area contributed by atoms with Crippen molar-refractivity contribution in [3.05, 3.63) is 65.2 Å². The minimum absolute atomic E-state index is 0.0470. The lowest BCUT2D eigenvalue weighted by atomic mass is 9.98. The molecule has 4 heteroatoms. The number of ether oxygens (including phenoxy) is 1. The summed E-state index contributed by atoms with van der Waals surface area (Å²) in [4.78, 5) is 0. The Morgan fingerprint density at radius 3 is 2.33 bits per heavy atom. The second-order valence-electron chi connectivity index (χ2n) is 4.84. The van der Waals surface area contributed by atoms with Crippen LogP contribution in [-0.2, 0) is 6.42 Å². The summed E-state index contributed by atoms with van der Waals surface area (Å²) in [6.45, 7) is 2.81. The summed E-state index contributed by atoms with van der Waals surface area (Å²) in [6, 6.07) is 11.8. The molecular weight excluding hydrogens is 272 g/mol. The van der Waals surface area contributed by atoms with E-state index in [9.17, 15) is 8.78 Å². The number of hydrogen-bond donors (Lipinski definition) is 1. The number of hydrogen-bond acceptors (Lipinski definition) is 2. The Labute approximate surface area is 123 Å². The number of benzene rings is 2. The summed E-state index contributed by atoms with van der Waals surface area (Å²) in [6.07, 6.45) is 0.595. The minimum atomic E-state index is -0.816. The predicted molar refractivity (Wildman–Crippen MR) is 79.5 cm³/mol. The van der Waals surface area contributed by atoms with Crippen molar-refractivity contribution in [2.24, 2.45) is 0 Å². The SMILES string of the molecule is CCNC(Cc1ccc(F)c(F)c1)c1ccc(OC)cc1. The zero-order chi connectivity index (χ0) is 15.2. The van der Waals surface area contributed by atoms with E-state index in [1.165, 1.54) is 12.1 Å². The van der Waals surface area contributed by atoms with Crippen LogP contribution >= 0.6 is 0 Å². The van der Waals surface area contributed by atoms with Crippen LogP contribution < -0.4 is 10.1 Å². The number of rotatable bonds is 6. The first-order valence-electron chi connectivity index (χ1n) is 6.95. The Balaban J connectivity index is 2.19. The van der Waals surface area contributed by atoms with E-state index in [-0.39, 0.29) is 6.04 Å². The van der Waals surface area contributed by atoms with Crippen molar-refractivity contribution >= 4 is 0 Å². The summed E-state index contributed by atoms with van der Waals surface area (Å²) in [5.74, 6) is -0.831. The molecule has 0 amide bonds. The maximum Gasteiger partial charge on any atom is 0.159 e. The first kappa shape index (κ1) is 15.4. The van der Waals surface area contributed by atoms with Crippen LogP contribution in [0.2, 0.25) is 0 Å². The molecule has 0 saturated heterocycles. The molecule has 0 spiro atoms. The Hall–Kier alpha value is -1.94. The average molecular weight is 291 g/mol. The monoisotopic (exact) mass is 291 g/mol. The molecule has 112 valence electrons. The molecule has 0 aliphatic carbocycles. The van der Waals surface area contributed by atoms with E-state index < -0.39 is 11.6 Å². The van der Waals surface area contributed by atoms with Gasteiger partial charge in [-0.05, 0) is 48.4 Å². The maximum atomic E-state index is 13.3. The van der Waals surface area contributed by atoms with Gasteiger partial charge in [-0.1, -0.05) is 25.1 Å². The summed E-state index contributed by atoms with van der Waals surface area (Å²) >= 11 is 0. The molecule has 0 aromatic heterocycles. The van der Waals surface area contributed by atoms with Gasteiger partial charge in [-0.2, -0.15) is 0 Å². The fraction of sp³-hybridized carbons (Fsp3) is 0.294. The Kier molecular flexibility index (Phi) is 5.28. The van der Waals surface area contributed by atoms with Gasteiger partial charge in [0.15, 0.2) is 11.6 Å². The topological polar surface area (TPSA) is 21.3 Å². The van der Waals surface area contributed by atoms with Crippen molar-refractivity contribution in [1.29, 1.82) is 0 Å². The number of likely N-dealkylation sites (N-methyl/N-ethyl adjacent to an activating group) is 1. The minimum Gasteiger partial charge on any atom is -0.497 e. The van der Waals surface area contributed by atoms with Gasteiger partial charge < -0.3 is 10.1 Å². The molecule has 2 rings (SSSR count). The van der Waals surface area contributed by atoms with Gasteiger partial charge in [0.05, 0.1) is 7.11 Å². The Morgan fingerprint density at radius 2 is 1.76 bits per heavy atom. The molecule has 2 aromatic carbocycles. The standard InChI is InChI=1S/C17H19F2NO/c1-3-20-17(13-5-7-14(21-2)8-6-13)11-12-4-9-15(18)16(19)10-12/h4-10,17,20H,3,11H2,1-2H3. The normalized spacial score (nSPS) is 12.2. The van der Waals surface area contributed by atoms with Gasteiger partial charge >= 0.3 is 0 Å². The second kappa shape index (κ2) is 7.18. The first-order valence-corrected chi connectivity index (χ1v) is 6.95. The largest absolute Gasteiger partial charge is 0.497 e. The third-order valence-corrected chi connectivity index (χ3v) is 3.39. The van der Waals surface area contributed by atoms with Gasteiger partial charge in [0, 0.05) is 6.04 Å². The van der Waals surface area contributed by atoms with Crippen molar-refractivity contribution in [1.82, 2.24) is 5.32 Å². The van der Waals surface area contributed by atoms with Crippen LogP contribution in [0.15, 0.2) is 42.5 Å². The van der Waals surface area contributed by atoms with Gasteiger partial charge in [0.25, 0.3) is 0 Å². The molecule has 2 nitrogen and oxygen atoms in total. The molecular formula is C17H19F2NO. The third kappa shape index (κ3) is 4.02. The molecule has 1 N–H and O–H groups in total. The maximum absolute atomic E-state index is 13.3. The molecule has 0 aliphatic heterocycles. The summed E-state index contributed by atoms with van der Waals surface area (Å²) < 4.78 is 31.4.